The minimum Gasteiger partial charge on any atom is -0.357 e. The fraction of sp³-hybridized carbons (Fsp3) is 0.231. The number of nitrogens with zero attached hydrogens (tertiary/aromatic N) is 2. The zero-order valence-corrected chi connectivity index (χ0v) is 22.5. The summed E-state index contributed by atoms with van der Waals surface area (Å²) < 4.78 is 40.0. The number of carbonyl (C=O) groups excluding carboxylic acids is 2. The summed E-state index contributed by atoms with van der Waals surface area (Å²) in [7, 11) is -2.55. The van der Waals surface area contributed by atoms with E-state index in [4.69, 9.17) is 23.2 Å². The number of halogens is 3. The molecule has 0 unspecified atom stereocenters. The summed E-state index contributed by atoms with van der Waals surface area (Å²) >= 11 is 12.8. The maximum atomic E-state index is 13.9. The number of anilines is 1. The Morgan fingerprint density at radius 3 is 2.16 bits per heavy atom. The molecular weight excluding hydrogens is 540 g/mol. The molecule has 0 fully saturated rings. The number of nitrogens with one attached hydrogen (secondary N) is 1. The van der Waals surface area contributed by atoms with Gasteiger partial charge in [0, 0.05) is 35.6 Å². The highest BCUT2D eigenvalue weighted by atomic mass is 35.5. The van der Waals surface area contributed by atoms with Crippen molar-refractivity contribution in [1.29, 1.82) is 0 Å². The van der Waals surface area contributed by atoms with E-state index in [-0.39, 0.29) is 28.7 Å². The van der Waals surface area contributed by atoms with Gasteiger partial charge >= 0.3 is 0 Å². The number of carbonyl (C=O) groups is 2. The van der Waals surface area contributed by atoms with Gasteiger partial charge in [-0.1, -0.05) is 65.7 Å². The van der Waals surface area contributed by atoms with Crippen LogP contribution in [0.3, 0.4) is 0 Å². The zero-order chi connectivity index (χ0) is 27.2. The Bertz CT molecular complexity index is 1350. The highest BCUT2D eigenvalue weighted by Crippen LogP contribution is 2.28. The first-order valence-corrected chi connectivity index (χ1v) is 13.8. The zero-order valence-electron chi connectivity index (χ0n) is 20.2. The Morgan fingerprint density at radius 1 is 0.973 bits per heavy atom. The molecule has 0 aliphatic heterocycles. The van der Waals surface area contributed by atoms with Gasteiger partial charge in [0.1, 0.15) is 18.4 Å². The molecule has 3 aromatic carbocycles. The molecule has 0 radical (unpaired) electrons. The molecule has 0 aliphatic rings. The Labute approximate surface area is 225 Å². The molecule has 196 valence electrons. The van der Waals surface area contributed by atoms with Gasteiger partial charge in [0.2, 0.25) is 21.8 Å². The number of sulfonamides is 1. The quantitative estimate of drug-likeness (QED) is 0.397. The highest BCUT2D eigenvalue weighted by molar-refractivity contribution is 7.92. The molecule has 0 aliphatic carbocycles. The monoisotopic (exact) mass is 565 g/mol. The molecule has 3 rings (SSSR count). The first-order chi connectivity index (χ1) is 17.5. The second kappa shape index (κ2) is 12.4. The van der Waals surface area contributed by atoms with Gasteiger partial charge in [-0.05, 0) is 35.9 Å². The minimum absolute atomic E-state index is 0.0221. The topological polar surface area (TPSA) is 86.8 Å². The number of hydrogen-bond acceptors (Lipinski definition) is 4. The maximum absolute atomic E-state index is 13.9. The molecule has 11 heteroatoms. The van der Waals surface area contributed by atoms with Crippen LogP contribution in [0.1, 0.15) is 11.1 Å². The predicted octanol–water partition coefficient (Wildman–Crippen LogP) is 4.28. The Hall–Kier alpha value is -3.14. The summed E-state index contributed by atoms with van der Waals surface area (Å²) in [6, 6.07) is 17.8. The molecule has 3 aromatic rings. The van der Waals surface area contributed by atoms with Gasteiger partial charge in [0.25, 0.3) is 0 Å². The lowest BCUT2D eigenvalue weighted by molar-refractivity contribution is -0.139. The second-order valence-electron chi connectivity index (χ2n) is 8.29. The Balaban J connectivity index is 2.07. The largest absolute Gasteiger partial charge is 0.357 e. The molecule has 0 bridgehead atoms. The van der Waals surface area contributed by atoms with Crippen molar-refractivity contribution in [3.63, 3.8) is 0 Å². The first-order valence-electron chi connectivity index (χ1n) is 11.2. The molecule has 0 saturated carbocycles. The van der Waals surface area contributed by atoms with Crippen molar-refractivity contribution in [2.45, 2.75) is 19.0 Å². The third kappa shape index (κ3) is 7.44. The van der Waals surface area contributed by atoms with Crippen molar-refractivity contribution in [2.24, 2.45) is 0 Å². The third-order valence-corrected chi connectivity index (χ3v) is 7.53. The molecule has 0 heterocycles. The maximum Gasteiger partial charge on any atom is 0.244 e. The summed E-state index contributed by atoms with van der Waals surface area (Å²) in [4.78, 5) is 28.1. The van der Waals surface area contributed by atoms with Gasteiger partial charge in [-0.3, -0.25) is 13.9 Å². The first kappa shape index (κ1) is 28.4. The van der Waals surface area contributed by atoms with Gasteiger partial charge in [0.15, 0.2) is 0 Å². The fourth-order valence-corrected chi connectivity index (χ4v) is 5.18. The molecule has 0 aromatic heterocycles. The Morgan fingerprint density at radius 2 is 1.59 bits per heavy atom. The van der Waals surface area contributed by atoms with E-state index in [1.165, 1.54) is 30.1 Å². The Kier molecular flexibility index (Phi) is 9.53. The van der Waals surface area contributed by atoms with Crippen molar-refractivity contribution in [3.05, 3.63) is 99.8 Å². The molecule has 7 nitrogen and oxygen atoms in total. The summed E-state index contributed by atoms with van der Waals surface area (Å²) in [5.41, 5.74) is 1.16. The van der Waals surface area contributed by atoms with Crippen LogP contribution in [0.5, 0.6) is 0 Å². The SMILES string of the molecule is CNC(=O)[C@H](Cc1ccccc1)N(Cc1c(Cl)cccc1Cl)C(=O)CN(c1cccc(F)c1)S(C)(=O)=O. The van der Waals surface area contributed by atoms with E-state index in [0.717, 1.165) is 22.2 Å². The van der Waals surface area contributed by atoms with Gasteiger partial charge in [-0.25, -0.2) is 12.8 Å². The third-order valence-electron chi connectivity index (χ3n) is 5.68. The summed E-state index contributed by atoms with van der Waals surface area (Å²) in [5, 5.41) is 3.14. The van der Waals surface area contributed by atoms with Crippen molar-refractivity contribution in [1.82, 2.24) is 10.2 Å². The summed E-state index contributed by atoms with van der Waals surface area (Å²) in [5.74, 6) is -1.82. The lowest BCUT2D eigenvalue weighted by Crippen LogP contribution is -2.53. The molecule has 0 spiro atoms. The van der Waals surface area contributed by atoms with Gasteiger partial charge in [0.05, 0.1) is 11.9 Å². The van der Waals surface area contributed by atoms with Crippen LogP contribution in [0, 0.1) is 5.82 Å². The number of rotatable bonds is 10. The molecule has 1 atom stereocenters. The van der Waals surface area contributed by atoms with Gasteiger partial charge in [-0.15, -0.1) is 0 Å². The molecule has 2 amide bonds. The fourth-order valence-electron chi connectivity index (χ4n) is 3.82. The second-order valence-corrected chi connectivity index (χ2v) is 11.0. The number of hydrogen-bond donors (Lipinski definition) is 1. The minimum atomic E-state index is -4.00. The van der Waals surface area contributed by atoms with Crippen LogP contribution in [-0.4, -0.2) is 51.0 Å². The van der Waals surface area contributed by atoms with Crippen molar-refractivity contribution in [2.75, 3.05) is 24.2 Å². The molecule has 1 N–H and O–H groups in total. The van der Waals surface area contributed by atoms with Crippen LogP contribution < -0.4 is 9.62 Å². The summed E-state index contributed by atoms with van der Waals surface area (Å²) in [6.45, 7) is -0.838. The van der Waals surface area contributed by atoms with Crippen LogP contribution in [0.15, 0.2) is 72.8 Å². The summed E-state index contributed by atoms with van der Waals surface area (Å²) in [6.07, 6.45) is 1.06. The van der Waals surface area contributed by atoms with Crippen molar-refractivity contribution in [3.8, 4) is 0 Å². The van der Waals surface area contributed by atoms with E-state index in [0.29, 0.717) is 5.56 Å². The van der Waals surface area contributed by atoms with Crippen LogP contribution in [0.25, 0.3) is 0 Å². The average Bonchev–Trinajstić information content (AvgIpc) is 2.85. The van der Waals surface area contributed by atoms with E-state index in [9.17, 15) is 22.4 Å². The van der Waals surface area contributed by atoms with Gasteiger partial charge < -0.3 is 10.2 Å². The van der Waals surface area contributed by atoms with Crippen LogP contribution in [-0.2, 0) is 32.6 Å². The van der Waals surface area contributed by atoms with Gasteiger partial charge in [-0.2, -0.15) is 0 Å². The molecule has 37 heavy (non-hydrogen) atoms. The van der Waals surface area contributed by atoms with E-state index < -0.39 is 40.2 Å². The van der Waals surface area contributed by atoms with Crippen LogP contribution >= 0.6 is 23.2 Å². The lowest BCUT2D eigenvalue weighted by Gasteiger charge is -2.33. The number of benzene rings is 3. The highest BCUT2D eigenvalue weighted by Gasteiger charge is 2.33. The normalized spacial score (nSPS) is 12.0. The predicted molar refractivity (Wildman–Crippen MR) is 144 cm³/mol. The van der Waals surface area contributed by atoms with E-state index in [1.807, 2.05) is 30.3 Å². The van der Waals surface area contributed by atoms with E-state index in [1.54, 1.807) is 18.2 Å². The van der Waals surface area contributed by atoms with E-state index in [2.05, 4.69) is 5.32 Å². The average molecular weight is 566 g/mol. The smallest absolute Gasteiger partial charge is 0.244 e. The standard InChI is InChI=1S/C26H26Cl2FN3O4S/c1-30-26(34)24(14-18-8-4-3-5-9-18)31(16-21-22(27)12-7-13-23(21)28)25(33)17-32(37(2,35)36)20-11-6-10-19(29)15-20/h3-13,15,24H,14,16-17H2,1-2H3,(H,30,34)/t24-/m0/s1. The van der Waals surface area contributed by atoms with Crippen LogP contribution in [0.2, 0.25) is 10.0 Å². The number of amides is 2. The lowest BCUT2D eigenvalue weighted by atomic mass is 10.0. The van der Waals surface area contributed by atoms with Crippen LogP contribution in [0.4, 0.5) is 10.1 Å². The number of likely N-dealkylation sites (N-methyl/N-ethyl adjacent to an activating group) is 1. The van der Waals surface area contributed by atoms with Crippen molar-refractivity contribution < 1.29 is 22.4 Å². The van der Waals surface area contributed by atoms with Crippen molar-refractivity contribution >= 4 is 50.7 Å². The molecule has 0 saturated heterocycles. The molecular formula is C26H26Cl2FN3O4S. The van der Waals surface area contributed by atoms with E-state index >= 15 is 0 Å².